The van der Waals surface area contributed by atoms with Crippen molar-refractivity contribution in [3.63, 3.8) is 0 Å². The third kappa shape index (κ3) is 11.2. The van der Waals surface area contributed by atoms with E-state index in [4.69, 9.17) is 9.57 Å². The van der Waals surface area contributed by atoms with E-state index >= 15 is 0 Å². The van der Waals surface area contributed by atoms with Crippen LogP contribution in [-0.2, 0) is 75.3 Å². The van der Waals surface area contributed by atoms with E-state index in [-0.39, 0.29) is 64.5 Å². The summed E-state index contributed by atoms with van der Waals surface area (Å²) in [6.07, 6.45) is 4.24. The number of fused-ring (bicyclic) bond motifs is 2. The minimum Gasteiger partial charge on any atom is -0.383 e. The molecule has 1 fully saturated rings. The first-order valence-electron chi connectivity index (χ1n) is 20.0. The second kappa shape index (κ2) is 18.5. The van der Waals surface area contributed by atoms with Crippen molar-refractivity contribution in [3.05, 3.63) is 71.5 Å². The van der Waals surface area contributed by atoms with Gasteiger partial charge >= 0.3 is 5.97 Å². The van der Waals surface area contributed by atoms with Crippen LogP contribution in [0.2, 0.25) is 0 Å². The molecule has 1 saturated heterocycles. The summed E-state index contributed by atoms with van der Waals surface area (Å²) in [4.78, 5) is 43.5. The van der Waals surface area contributed by atoms with Crippen LogP contribution in [0.25, 0.3) is 0 Å². The number of hydroxylamine groups is 2. The Morgan fingerprint density at radius 1 is 0.812 bits per heavy atom. The Kier molecular flexibility index (Phi) is 14.6. The monoisotopic (exact) mass is 974 g/mol. The van der Waals surface area contributed by atoms with Crippen LogP contribution in [-0.4, -0.2) is 122 Å². The molecule has 2 amide bonds. The lowest BCUT2D eigenvalue weighted by Crippen LogP contribution is -2.40. The standard InChI is InChI=1S/C40H51N3O17S4/c1-38(2,20-17-37(46)60-43-35(44)15-16-36(43)45)42-32-14-12-28(64(56,57)58)26-30(32)40(4,19-8-24-62(50,51)52)34(42)10-6-9-33-39(3,18-7-23-61(47,48)49)29-25-27(63(53,54)55)11-13-31(29)41(33)21-22-59-5/h6,9-14,25-26H,7-8,15-24H2,1-5H3,(H3-,47,48,49,50,51,52,53,54,55,56,57,58)/p+1. The van der Waals surface area contributed by atoms with E-state index in [2.05, 4.69) is 0 Å². The summed E-state index contributed by atoms with van der Waals surface area (Å²) in [6.45, 7) is 7.33. The zero-order chi connectivity index (χ0) is 47.8. The third-order valence-corrected chi connectivity index (χ3v) is 15.2. The topological polar surface area (TPSA) is 297 Å². The number of hydrogen-bond acceptors (Lipinski definition) is 14. The highest BCUT2D eigenvalue weighted by molar-refractivity contribution is 7.86. The van der Waals surface area contributed by atoms with Gasteiger partial charge in [0.05, 0.1) is 39.7 Å². The summed E-state index contributed by atoms with van der Waals surface area (Å²) in [5.41, 5.74) is -0.944. The van der Waals surface area contributed by atoms with Crippen molar-refractivity contribution < 1.29 is 80.4 Å². The van der Waals surface area contributed by atoms with Crippen LogP contribution in [0.3, 0.4) is 0 Å². The molecule has 0 aromatic heterocycles. The molecule has 24 heteroatoms. The number of carbonyl (C=O) groups excluding carboxylic acids is 3. The molecule has 0 bridgehead atoms. The Labute approximate surface area is 372 Å². The van der Waals surface area contributed by atoms with Crippen LogP contribution in [0.4, 0.5) is 11.4 Å². The number of hydrogen-bond donors (Lipinski definition) is 4. The van der Waals surface area contributed by atoms with Crippen LogP contribution >= 0.6 is 0 Å². The van der Waals surface area contributed by atoms with Gasteiger partial charge in [0.2, 0.25) is 5.69 Å². The molecule has 3 aliphatic rings. The molecule has 2 atom stereocenters. The fourth-order valence-corrected chi connectivity index (χ4v) is 10.7. The smallest absolute Gasteiger partial charge is 0.333 e. The molecular weight excluding hydrogens is 923 g/mol. The Morgan fingerprint density at radius 3 is 1.88 bits per heavy atom. The first-order valence-corrected chi connectivity index (χ1v) is 26.1. The number of amides is 2. The summed E-state index contributed by atoms with van der Waals surface area (Å²) < 4.78 is 144. The predicted octanol–water partition coefficient (Wildman–Crippen LogP) is 3.90. The lowest BCUT2D eigenvalue weighted by atomic mass is 9.75. The molecule has 3 aliphatic heterocycles. The molecule has 0 aliphatic carbocycles. The number of methoxy groups -OCH3 is 1. The number of ether oxygens (including phenoxy) is 1. The molecule has 2 aromatic rings. The minimum absolute atomic E-state index is 0.00309. The number of rotatable bonds is 20. The van der Waals surface area contributed by atoms with Gasteiger partial charge in [-0.15, -0.1) is 5.06 Å². The Balaban J connectivity index is 1.72. The van der Waals surface area contributed by atoms with Crippen LogP contribution in [0, 0.1) is 0 Å². The van der Waals surface area contributed by atoms with E-state index in [1.807, 2.05) is 4.90 Å². The molecule has 5 rings (SSSR count). The number of anilines is 1. The fraction of sp³-hybridized carbons (Fsp3) is 0.500. The van der Waals surface area contributed by atoms with Crippen LogP contribution in [0.1, 0.15) is 90.2 Å². The highest BCUT2D eigenvalue weighted by Gasteiger charge is 2.53. The first-order chi connectivity index (χ1) is 29.4. The molecule has 2 unspecified atom stereocenters. The molecule has 64 heavy (non-hydrogen) atoms. The molecule has 4 N–H and O–H groups in total. The van der Waals surface area contributed by atoms with E-state index in [1.54, 1.807) is 50.5 Å². The zero-order valence-corrected chi connectivity index (χ0v) is 39.0. The second-order valence-electron chi connectivity index (χ2n) is 16.9. The normalized spacial score (nSPS) is 21.4. The molecule has 20 nitrogen and oxygen atoms in total. The summed E-state index contributed by atoms with van der Waals surface area (Å²) in [6, 6.07) is 7.86. The minimum atomic E-state index is -4.78. The van der Waals surface area contributed by atoms with Gasteiger partial charge in [0.25, 0.3) is 52.3 Å². The zero-order valence-electron chi connectivity index (χ0n) is 35.8. The van der Waals surface area contributed by atoms with Crippen molar-refractivity contribution in [3.8, 4) is 0 Å². The van der Waals surface area contributed by atoms with Gasteiger partial charge in [0, 0.05) is 81.3 Å². The van der Waals surface area contributed by atoms with E-state index in [0.29, 0.717) is 39.0 Å². The van der Waals surface area contributed by atoms with Gasteiger partial charge in [-0.05, 0) is 81.5 Å². The fourth-order valence-electron chi connectivity index (χ4n) is 8.65. The molecule has 0 saturated carbocycles. The van der Waals surface area contributed by atoms with Crippen molar-refractivity contribution >= 4 is 75.3 Å². The van der Waals surface area contributed by atoms with Gasteiger partial charge in [-0.25, -0.2) is 4.79 Å². The van der Waals surface area contributed by atoms with Gasteiger partial charge in [0.1, 0.15) is 0 Å². The van der Waals surface area contributed by atoms with Crippen molar-refractivity contribution in [2.75, 3.05) is 36.7 Å². The van der Waals surface area contributed by atoms with Crippen molar-refractivity contribution in [1.82, 2.24) is 5.06 Å². The summed E-state index contributed by atoms with van der Waals surface area (Å²) in [7, 11) is -16.9. The maximum absolute atomic E-state index is 13.1. The van der Waals surface area contributed by atoms with E-state index < -0.39 is 95.9 Å². The van der Waals surface area contributed by atoms with Gasteiger partial charge in [0.15, 0.2) is 11.3 Å². The molecule has 3 heterocycles. The van der Waals surface area contributed by atoms with Gasteiger partial charge in [-0.1, -0.05) is 6.08 Å². The maximum atomic E-state index is 13.1. The molecular formula is C40H52N3O17S4+. The first kappa shape index (κ1) is 50.6. The Hall–Kier alpha value is -4.40. The SMILES string of the molecule is COCCN1/C(=C/C=C/C2=[N+](C(C)(C)CCC(=O)ON3C(=O)CCC3=O)c3ccc(S(=O)(=O)O)cc3C2(C)CCCS(=O)(=O)O)C(C)(CCCS(=O)(=O)O)c2cc(S(=O)(=O)O)ccc21. The average Bonchev–Trinajstić information content (AvgIpc) is 3.71. The van der Waals surface area contributed by atoms with Gasteiger partial charge in [-0.3, -0.25) is 27.8 Å². The summed E-state index contributed by atoms with van der Waals surface area (Å²) in [5, 5.41) is 0.425. The lowest BCUT2D eigenvalue weighted by molar-refractivity contribution is -0.524. The predicted molar refractivity (Wildman–Crippen MR) is 230 cm³/mol. The summed E-state index contributed by atoms with van der Waals surface area (Å²) >= 11 is 0. The number of benzene rings is 2. The highest BCUT2D eigenvalue weighted by atomic mass is 32.2. The van der Waals surface area contributed by atoms with E-state index in [0.717, 1.165) is 0 Å². The van der Waals surface area contributed by atoms with Gasteiger partial charge in [-0.2, -0.15) is 38.2 Å². The Bertz CT molecular complexity index is 2770. The lowest BCUT2D eigenvalue weighted by Gasteiger charge is -2.30. The number of carbonyl (C=O) groups is 3. The average molecular weight is 975 g/mol. The molecule has 2 aromatic carbocycles. The largest absolute Gasteiger partial charge is 0.383 e. The van der Waals surface area contributed by atoms with Crippen molar-refractivity contribution in [2.45, 2.75) is 105 Å². The van der Waals surface area contributed by atoms with E-state index in [1.165, 1.54) is 43.5 Å². The van der Waals surface area contributed by atoms with Crippen molar-refractivity contribution in [2.24, 2.45) is 0 Å². The summed E-state index contributed by atoms with van der Waals surface area (Å²) in [5.74, 6) is -3.52. The number of allylic oxidation sites excluding steroid dienone is 4. The maximum Gasteiger partial charge on any atom is 0.333 e. The van der Waals surface area contributed by atoms with E-state index in [9.17, 15) is 66.3 Å². The molecule has 0 spiro atoms. The molecule has 0 radical (unpaired) electrons. The highest BCUT2D eigenvalue weighted by Crippen LogP contribution is 2.52. The molecule has 352 valence electrons. The number of nitrogens with zero attached hydrogens (tertiary/aromatic N) is 3. The van der Waals surface area contributed by atoms with Crippen LogP contribution in [0.15, 0.2) is 70.1 Å². The van der Waals surface area contributed by atoms with Crippen LogP contribution < -0.4 is 4.90 Å². The number of imide groups is 1. The Morgan fingerprint density at radius 2 is 1.34 bits per heavy atom. The van der Waals surface area contributed by atoms with Crippen LogP contribution in [0.5, 0.6) is 0 Å². The van der Waals surface area contributed by atoms with Crippen molar-refractivity contribution in [1.29, 1.82) is 0 Å². The van der Waals surface area contributed by atoms with Gasteiger partial charge < -0.3 is 14.5 Å². The quantitative estimate of drug-likeness (QED) is 0.0831. The second-order valence-corrected chi connectivity index (χ2v) is 22.9. The third-order valence-electron chi connectivity index (χ3n) is 11.8.